The molecule has 0 radical (unpaired) electrons. The zero-order valence-corrected chi connectivity index (χ0v) is 8.70. The third kappa shape index (κ3) is 2.77. The fourth-order valence-corrected chi connectivity index (χ4v) is 1.42. The van der Waals surface area contributed by atoms with Crippen molar-refractivity contribution in [3.63, 3.8) is 0 Å². The Hall–Kier alpha value is -0.960. The van der Waals surface area contributed by atoms with Crippen LogP contribution in [0.3, 0.4) is 0 Å². The lowest BCUT2D eigenvalue weighted by Crippen LogP contribution is -2.41. The highest BCUT2D eigenvalue weighted by Crippen LogP contribution is 2.16. The molecule has 0 aliphatic carbocycles. The van der Waals surface area contributed by atoms with Crippen LogP contribution in [-0.4, -0.2) is 16.0 Å². The van der Waals surface area contributed by atoms with Gasteiger partial charge in [-0.1, -0.05) is 13.8 Å². The molecule has 0 aliphatic heterocycles. The Morgan fingerprint density at radius 3 is 2.46 bits per heavy atom. The lowest BCUT2D eigenvalue weighted by molar-refractivity contribution is 0.355. The molecule has 1 heterocycles. The van der Waals surface area contributed by atoms with Crippen LogP contribution in [-0.2, 0) is 5.54 Å². The van der Waals surface area contributed by atoms with Crippen molar-refractivity contribution < 1.29 is 0 Å². The summed E-state index contributed by atoms with van der Waals surface area (Å²) in [6.07, 6.45) is 5.21. The molecule has 0 atom stereocenters. The Kier molecular flexibility index (Phi) is 2.98. The second-order valence-electron chi connectivity index (χ2n) is 4.01. The summed E-state index contributed by atoms with van der Waals surface area (Å²) in [5.41, 5.74) is 0.867. The molecule has 0 unspecified atom stereocenters. The topological polar surface area (TPSA) is 37.8 Å². The quantitative estimate of drug-likeness (QED) is 0.767. The van der Waals surface area contributed by atoms with Gasteiger partial charge < -0.3 is 5.32 Å². The maximum atomic E-state index is 4.28. The zero-order chi connectivity index (χ0) is 9.90. The summed E-state index contributed by atoms with van der Waals surface area (Å²) < 4.78 is 0. The predicted molar refractivity (Wildman–Crippen MR) is 53.3 cm³/mol. The van der Waals surface area contributed by atoms with Gasteiger partial charge in [-0.2, -0.15) is 0 Å². The Labute approximate surface area is 79.6 Å². The maximum absolute atomic E-state index is 4.28. The third-order valence-corrected chi connectivity index (χ3v) is 1.85. The van der Waals surface area contributed by atoms with Gasteiger partial charge in [0.25, 0.3) is 0 Å². The molecule has 0 fully saturated rings. The smallest absolute Gasteiger partial charge is 0.0781 e. The van der Waals surface area contributed by atoms with Gasteiger partial charge in [0.15, 0.2) is 0 Å². The van der Waals surface area contributed by atoms with Crippen LogP contribution in [0, 0.1) is 0 Å². The van der Waals surface area contributed by atoms with E-state index in [1.807, 2.05) is 0 Å². The summed E-state index contributed by atoms with van der Waals surface area (Å²) in [7, 11) is 0. The molecule has 0 spiro atoms. The molecule has 1 aromatic rings. The molecule has 3 heteroatoms. The molecule has 1 aromatic heterocycles. The zero-order valence-electron chi connectivity index (χ0n) is 8.70. The molecule has 72 valence electrons. The first-order chi connectivity index (χ1) is 6.02. The molecule has 0 saturated heterocycles. The van der Waals surface area contributed by atoms with E-state index in [1.165, 1.54) is 0 Å². The average molecular weight is 179 g/mol. The second-order valence-corrected chi connectivity index (χ2v) is 4.01. The molecule has 0 saturated carbocycles. The van der Waals surface area contributed by atoms with Crippen molar-refractivity contribution in [2.45, 2.75) is 39.3 Å². The van der Waals surface area contributed by atoms with Crippen LogP contribution in [0.4, 0.5) is 0 Å². The number of hydrogen-bond donors (Lipinski definition) is 1. The van der Waals surface area contributed by atoms with Gasteiger partial charge in [-0.3, -0.25) is 9.97 Å². The minimum atomic E-state index is -0.109. The van der Waals surface area contributed by atoms with Crippen molar-refractivity contribution in [2.24, 2.45) is 0 Å². The van der Waals surface area contributed by atoms with E-state index in [4.69, 9.17) is 0 Å². The van der Waals surface area contributed by atoms with Crippen molar-refractivity contribution in [3.8, 4) is 0 Å². The van der Waals surface area contributed by atoms with E-state index in [0.29, 0.717) is 6.04 Å². The van der Waals surface area contributed by atoms with Gasteiger partial charge in [-0.25, -0.2) is 0 Å². The Morgan fingerprint density at radius 1 is 1.31 bits per heavy atom. The van der Waals surface area contributed by atoms with Crippen molar-refractivity contribution in [2.75, 3.05) is 0 Å². The predicted octanol–water partition coefficient (Wildman–Crippen LogP) is 1.71. The standard InChI is InChI=1S/C10H17N3/c1-8(2)13-10(3,4)9-7-11-5-6-12-9/h5-8,13H,1-4H3. The molecule has 1 N–H and O–H groups in total. The monoisotopic (exact) mass is 179 g/mol. The normalized spacial score (nSPS) is 12.1. The van der Waals surface area contributed by atoms with Crippen LogP contribution in [0.1, 0.15) is 33.4 Å². The SMILES string of the molecule is CC(C)NC(C)(C)c1cnccn1. The molecule has 0 aromatic carbocycles. The number of nitrogens with one attached hydrogen (secondary N) is 1. The highest BCUT2D eigenvalue weighted by molar-refractivity contribution is 5.08. The fraction of sp³-hybridized carbons (Fsp3) is 0.600. The van der Waals surface area contributed by atoms with Gasteiger partial charge in [-0.15, -0.1) is 0 Å². The number of rotatable bonds is 3. The highest BCUT2D eigenvalue weighted by atomic mass is 15.0. The van der Waals surface area contributed by atoms with E-state index in [0.717, 1.165) is 5.69 Å². The molecular weight excluding hydrogens is 162 g/mol. The summed E-state index contributed by atoms with van der Waals surface area (Å²) in [5, 5.41) is 3.43. The van der Waals surface area contributed by atoms with Crippen molar-refractivity contribution >= 4 is 0 Å². The molecule has 0 bridgehead atoms. The number of hydrogen-bond acceptors (Lipinski definition) is 3. The van der Waals surface area contributed by atoms with Crippen molar-refractivity contribution in [1.82, 2.24) is 15.3 Å². The molecule has 13 heavy (non-hydrogen) atoms. The lowest BCUT2D eigenvalue weighted by Gasteiger charge is -2.27. The lowest BCUT2D eigenvalue weighted by atomic mass is 10.0. The van der Waals surface area contributed by atoms with E-state index in [2.05, 4.69) is 43.0 Å². The minimum absolute atomic E-state index is 0.109. The number of nitrogens with zero attached hydrogens (tertiary/aromatic N) is 2. The molecule has 3 nitrogen and oxygen atoms in total. The highest BCUT2D eigenvalue weighted by Gasteiger charge is 2.22. The van der Waals surface area contributed by atoms with E-state index in [-0.39, 0.29) is 5.54 Å². The summed E-state index contributed by atoms with van der Waals surface area (Å²) >= 11 is 0. The van der Waals surface area contributed by atoms with E-state index < -0.39 is 0 Å². The van der Waals surface area contributed by atoms with Gasteiger partial charge in [0, 0.05) is 18.4 Å². The van der Waals surface area contributed by atoms with Crippen molar-refractivity contribution in [3.05, 3.63) is 24.3 Å². The maximum Gasteiger partial charge on any atom is 0.0781 e. The largest absolute Gasteiger partial charge is 0.304 e. The minimum Gasteiger partial charge on any atom is -0.304 e. The van der Waals surface area contributed by atoms with Crippen LogP contribution in [0.2, 0.25) is 0 Å². The Balaban J connectivity index is 2.81. The van der Waals surface area contributed by atoms with Crippen molar-refractivity contribution in [1.29, 1.82) is 0 Å². The van der Waals surface area contributed by atoms with Crippen LogP contribution >= 0.6 is 0 Å². The van der Waals surface area contributed by atoms with Gasteiger partial charge in [-0.05, 0) is 13.8 Å². The fourth-order valence-electron chi connectivity index (χ4n) is 1.42. The summed E-state index contributed by atoms with van der Waals surface area (Å²) in [6, 6.07) is 0.442. The van der Waals surface area contributed by atoms with Crippen LogP contribution < -0.4 is 5.32 Å². The summed E-state index contributed by atoms with van der Waals surface area (Å²) in [5.74, 6) is 0. The first kappa shape index (κ1) is 10.1. The van der Waals surface area contributed by atoms with Crippen LogP contribution in [0.15, 0.2) is 18.6 Å². The first-order valence-electron chi connectivity index (χ1n) is 4.56. The van der Waals surface area contributed by atoms with Gasteiger partial charge >= 0.3 is 0 Å². The van der Waals surface area contributed by atoms with E-state index in [9.17, 15) is 0 Å². The third-order valence-electron chi connectivity index (χ3n) is 1.85. The summed E-state index contributed by atoms with van der Waals surface area (Å²) in [6.45, 7) is 8.46. The van der Waals surface area contributed by atoms with E-state index >= 15 is 0 Å². The molecule has 0 aliphatic rings. The number of aromatic nitrogens is 2. The Bertz CT molecular complexity index is 254. The molecular formula is C10H17N3. The Morgan fingerprint density at radius 2 is 2.00 bits per heavy atom. The molecule has 1 rings (SSSR count). The van der Waals surface area contributed by atoms with Gasteiger partial charge in [0.05, 0.1) is 17.4 Å². The van der Waals surface area contributed by atoms with Crippen LogP contribution in [0.25, 0.3) is 0 Å². The average Bonchev–Trinajstić information content (AvgIpc) is 2.04. The van der Waals surface area contributed by atoms with Crippen LogP contribution in [0.5, 0.6) is 0 Å². The first-order valence-corrected chi connectivity index (χ1v) is 4.56. The van der Waals surface area contributed by atoms with E-state index in [1.54, 1.807) is 18.6 Å². The van der Waals surface area contributed by atoms with Gasteiger partial charge in [0.1, 0.15) is 0 Å². The second kappa shape index (κ2) is 3.83. The molecule has 0 amide bonds. The van der Waals surface area contributed by atoms with Gasteiger partial charge in [0.2, 0.25) is 0 Å². The summed E-state index contributed by atoms with van der Waals surface area (Å²) in [4.78, 5) is 8.33.